The number of nitrogens with zero attached hydrogens (tertiary/aromatic N) is 2. The Kier molecular flexibility index (Phi) is 5.62. The molecule has 1 amide bonds. The third-order valence-electron chi connectivity index (χ3n) is 5.46. The standard InChI is InChI=1S/C23H24N2O3S/c1-15-7-8-20-18(11-15)22(17-5-3-4-6-19(17)24-20)23(27)28-13-21(26)25(2)12-16-9-10-29-14-16/h3-6,9-10,14-15H,7-8,11-13H2,1-2H3/t15-/m1/s1. The number of carbonyl (C=O) groups is 2. The Morgan fingerprint density at radius 1 is 1.28 bits per heavy atom. The monoisotopic (exact) mass is 408 g/mol. The van der Waals surface area contributed by atoms with Gasteiger partial charge in [0.1, 0.15) is 0 Å². The summed E-state index contributed by atoms with van der Waals surface area (Å²) in [7, 11) is 1.72. The van der Waals surface area contributed by atoms with Crippen molar-refractivity contribution in [2.24, 2.45) is 5.92 Å². The van der Waals surface area contributed by atoms with E-state index in [-0.39, 0.29) is 12.5 Å². The maximum absolute atomic E-state index is 13.1. The van der Waals surface area contributed by atoms with Crippen LogP contribution in [-0.4, -0.2) is 35.4 Å². The lowest BCUT2D eigenvalue weighted by Gasteiger charge is -2.24. The summed E-state index contributed by atoms with van der Waals surface area (Å²) in [6, 6.07) is 9.63. The van der Waals surface area contributed by atoms with E-state index in [0.29, 0.717) is 18.0 Å². The molecule has 0 aliphatic heterocycles. The van der Waals surface area contributed by atoms with Gasteiger partial charge in [-0.05, 0) is 59.2 Å². The summed E-state index contributed by atoms with van der Waals surface area (Å²) in [5.74, 6) is -0.160. The molecule has 0 fully saturated rings. The van der Waals surface area contributed by atoms with Crippen molar-refractivity contribution in [3.05, 3.63) is 63.5 Å². The average Bonchev–Trinajstić information content (AvgIpc) is 3.23. The first-order chi connectivity index (χ1) is 14.0. The van der Waals surface area contributed by atoms with Gasteiger partial charge in [0.15, 0.2) is 6.61 Å². The molecule has 0 N–H and O–H groups in total. The van der Waals surface area contributed by atoms with E-state index in [2.05, 4.69) is 6.92 Å². The Morgan fingerprint density at radius 2 is 2.10 bits per heavy atom. The lowest BCUT2D eigenvalue weighted by molar-refractivity contribution is -0.133. The van der Waals surface area contributed by atoms with Gasteiger partial charge in [-0.25, -0.2) is 4.79 Å². The number of fused-ring (bicyclic) bond motifs is 2. The molecule has 0 unspecified atom stereocenters. The van der Waals surface area contributed by atoms with Crippen LogP contribution in [-0.2, 0) is 28.9 Å². The molecule has 150 valence electrons. The van der Waals surface area contributed by atoms with Gasteiger partial charge in [-0.2, -0.15) is 11.3 Å². The summed E-state index contributed by atoms with van der Waals surface area (Å²) in [5.41, 5.74) is 4.40. The highest BCUT2D eigenvalue weighted by atomic mass is 32.1. The lowest BCUT2D eigenvalue weighted by atomic mass is 9.84. The SMILES string of the molecule is C[C@@H]1CCc2nc3ccccc3c(C(=O)OCC(=O)N(C)Cc3ccsc3)c2C1. The number of pyridine rings is 1. The molecule has 0 saturated heterocycles. The molecule has 1 aliphatic carbocycles. The van der Waals surface area contributed by atoms with E-state index in [9.17, 15) is 9.59 Å². The number of thiophene rings is 1. The number of ether oxygens (including phenoxy) is 1. The summed E-state index contributed by atoms with van der Waals surface area (Å²) in [6.07, 6.45) is 2.74. The van der Waals surface area contributed by atoms with Crippen LogP contribution in [0.15, 0.2) is 41.1 Å². The minimum absolute atomic E-state index is 0.217. The van der Waals surface area contributed by atoms with Crippen LogP contribution in [0.3, 0.4) is 0 Å². The Balaban J connectivity index is 1.55. The van der Waals surface area contributed by atoms with Crippen molar-refractivity contribution < 1.29 is 14.3 Å². The van der Waals surface area contributed by atoms with Crippen LogP contribution < -0.4 is 0 Å². The highest BCUT2D eigenvalue weighted by Crippen LogP contribution is 2.32. The predicted molar refractivity (Wildman–Crippen MR) is 114 cm³/mol. The number of para-hydroxylation sites is 1. The first-order valence-corrected chi connectivity index (χ1v) is 10.8. The summed E-state index contributed by atoms with van der Waals surface area (Å²) in [5, 5.41) is 4.78. The maximum Gasteiger partial charge on any atom is 0.339 e. The van der Waals surface area contributed by atoms with Gasteiger partial charge in [0, 0.05) is 24.7 Å². The van der Waals surface area contributed by atoms with Crippen molar-refractivity contribution in [2.45, 2.75) is 32.7 Å². The number of benzene rings is 1. The molecule has 3 aromatic rings. The second-order valence-electron chi connectivity index (χ2n) is 7.73. The zero-order valence-corrected chi connectivity index (χ0v) is 17.5. The van der Waals surface area contributed by atoms with Crippen LogP contribution in [0.4, 0.5) is 0 Å². The predicted octanol–water partition coefficient (Wildman–Crippen LogP) is 4.24. The molecule has 1 atom stereocenters. The van der Waals surface area contributed by atoms with Gasteiger partial charge >= 0.3 is 5.97 Å². The largest absolute Gasteiger partial charge is 0.452 e. The highest BCUT2D eigenvalue weighted by molar-refractivity contribution is 7.07. The zero-order valence-electron chi connectivity index (χ0n) is 16.7. The third kappa shape index (κ3) is 4.17. The van der Waals surface area contributed by atoms with Crippen molar-refractivity contribution in [3.63, 3.8) is 0 Å². The number of likely N-dealkylation sites (N-methyl/N-ethyl adjacent to an activating group) is 1. The number of aryl methyl sites for hydroxylation is 1. The lowest BCUT2D eigenvalue weighted by Crippen LogP contribution is -2.31. The number of hydrogen-bond acceptors (Lipinski definition) is 5. The van der Waals surface area contributed by atoms with Gasteiger partial charge < -0.3 is 9.64 Å². The molecular weight excluding hydrogens is 384 g/mol. The molecule has 0 saturated carbocycles. The zero-order chi connectivity index (χ0) is 20.4. The number of hydrogen-bond donors (Lipinski definition) is 0. The third-order valence-corrected chi connectivity index (χ3v) is 6.19. The maximum atomic E-state index is 13.1. The Bertz CT molecular complexity index is 1050. The molecule has 5 nitrogen and oxygen atoms in total. The van der Waals surface area contributed by atoms with Crippen LogP contribution in [0, 0.1) is 5.92 Å². The number of esters is 1. The first-order valence-electron chi connectivity index (χ1n) is 9.85. The molecule has 2 heterocycles. The van der Waals surface area contributed by atoms with E-state index < -0.39 is 5.97 Å². The average molecular weight is 409 g/mol. The Morgan fingerprint density at radius 3 is 2.90 bits per heavy atom. The normalized spacial score (nSPS) is 15.7. The minimum atomic E-state index is -0.439. The second-order valence-corrected chi connectivity index (χ2v) is 8.51. The number of carbonyl (C=O) groups excluding carboxylic acids is 2. The molecule has 29 heavy (non-hydrogen) atoms. The van der Waals surface area contributed by atoms with Crippen molar-refractivity contribution in [2.75, 3.05) is 13.7 Å². The van der Waals surface area contributed by atoms with Gasteiger partial charge in [-0.1, -0.05) is 25.1 Å². The van der Waals surface area contributed by atoms with Crippen LogP contribution in [0.1, 0.15) is 40.5 Å². The minimum Gasteiger partial charge on any atom is -0.452 e. The fourth-order valence-corrected chi connectivity index (χ4v) is 4.51. The van der Waals surface area contributed by atoms with Gasteiger partial charge in [0.05, 0.1) is 11.1 Å². The molecular formula is C23H24N2O3S. The molecule has 0 bridgehead atoms. The fourth-order valence-electron chi connectivity index (χ4n) is 3.85. The molecule has 6 heteroatoms. The van der Waals surface area contributed by atoms with Crippen LogP contribution in [0.2, 0.25) is 0 Å². The summed E-state index contributed by atoms with van der Waals surface area (Å²) < 4.78 is 5.48. The summed E-state index contributed by atoms with van der Waals surface area (Å²) in [4.78, 5) is 31.9. The van der Waals surface area contributed by atoms with E-state index in [1.54, 1.807) is 23.3 Å². The second kappa shape index (κ2) is 8.33. The Hall–Kier alpha value is -2.73. The molecule has 0 spiro atoms. The van der Waals surface area contributed by atoms with Crippen LogP contribution in [0.25, 0.3) is 10.9 Å². The van der Waals surface area contributed by atoms with E-state index in [1.807, 2.05) is 41.1 Å². The number of rotatable bonds is 5. The first kappa shape index (κ1) is 19.6. The van der Waals surface area contributed by atoms with Crippen molar-refractivity contribution in [1.82, 2.24) is 9.88 Å². The molecule has 4 rings (SSSR count). The smallest absolute Gasteiger partial charge is 0.339 e. The topological polar surface area (TPSA) is 59.5 Å². The molecule has 2 aromatic heterocycles. The number of aromatic nitrogens is 1. The van der Waals surface area contributed by atoms with Gasteiger partial charge in [0.2, 0.25) is 0 Å². The van der Waals surface area contributed by atoms with Gasteiger partial charge in [-0.3, -0.25) is 9.78 Å². The molecule has 0 radical (unpaired) electrons. The quantitative estimate of drug-likeness (QED) is 0.593. The van der Waals surface area contributed by atoms with Crippen molar-refractivity contribution >= 4 is 34.1 Å². The van der Waals surface area contributed by atoms with E-state index in [1.165, 1.54) is 0 Å². The van der Waals surface area contributed by atoms with Crippen LogP contribution >= 0.6 is 11.3 Å². The highest BCUT2D eigenvalue weighted by Gasteiger charge is 2.26. The van der Waals surface area contributed by atoms with Crippen LogP contribution in [0.5, 0.6) is 0 Å². The van der Waals surface area contributed by atoms with E-state index in [0.717, 1.165) is 47.0 Å². The van der Waals surface area contributed by atoms with Gasteiger partial charge in [0.25, 0.3) is 5.91 Å². The van der Waals surface area contributed by atoms with Gasteiger partial charge in [-0.15, -0.1) is 0 Å². The summed E-state index contributed by atoms with van der Waals surface area (Å²) in [6.45, 7) is 2.43. The van der Waals surface area contributed by atoms with E-state index >= 15 is 0 Å². The van der Waals surface area contributed by atoms with Crippen molar-refractivity contribution in [3.8, 4) is 0 Å². The Labute approximate surface area is 174 Å². The molecule has 1 aliphatic rings. The number of amides is 1. The fraction of sp³-hybridized carbons (Fsp3) is 0.348. The molecule has 1 aromatic carbocycles. The van der Waals surface area contributed by atoms with Crippen molar-refractivity contribution in [1.29, 1.82) is 0 Å². The van der Waals surface area contributed by atoms with E-state index in [4.69, 9.17) is 9.72 Å². The summed E-state index contributed by atoms with van der Waals surface area (Å²) >= 11 is 1.59.